The fourth-order valence-corrected chi connectivity index (χ4v) is 3.38. The zero-order chi connectivity index (χ0) is 18.8. The molecule has 0 unspecified atom stereocenters. The van der Waals surface area contributed by atoms with Gasteiger partial charge in [0.15, 0.2) is 0 Å². The number of esters is 1. The Hall–Kier alpha value is -1.83. The molecule has 0 fully saturated rings. The maximum atomic E-state index is 11.4. The Morgan fingerprint density at radius 2 is 1.88 bits per heavy atom. The van der Waals surface area contributed by atoms with Crippen molar-refractivity contribution in [1.29, 1.82) is 0 Å². The summed E-state index contributed by atoms with van der Waals surface area (Å²) in [4.78, 5) is 11.4. The average molecular weight is 343 g/mol. The van der Waals surface area contributed by atoms with Gasteiger partial charge in [-0.3, -0.25) is 0 Å². The Bertz CT molecular complexity index is 610. The minimum Gasteiger partial charge on any atom is -0.463 e. The van der Waals surface area contributed by atoms with Gasteiger partial charge in [-0.2, -0.15) is 0 Å². The molecule has 0 aromatic heterocycles. The summed E-state index contributed by atoms with van der Waals surface area (Å²) in [5.74, 6) is 0.299. The van der Waals surface area contributed by atoms with E-state index in [0.29, 0.717) is 12.5 Å². The lowest BCUT2D eigenvalue weighted by Crippen LogP contribution is -2.08. The van der Waals surface area contributed by atoms with E-state index in [4.69, 9.17) is 4.74 Å². The fraction of sp³-hybridized carbons (Fsp3) is 0.522. The molecular formula is C23H34O2. The smallest absolute Gasteiger partial charge is 0.330 e. The lowest BCUT2D eigenvalue weighted by Gasteiger charge is -2.26. The SMILES string of the molecule is CCOC(=O)\C=C(C)/C=C/C=C(C)/C=C1\CCCC(CC)=C1C(C)C. The van der Waals surface area contributed by atoms with Crippen molar-refractivity contribution in [2.45, 2.75) is 67.2 Å². The molecule has 0 saturated heterocycles. The quantitative estimate of drug-likeness (QED) is 0.301. The Labute approximate surface area is 154 Å². The van der Waals surface area contributed by atoms with E-state index in [1.54, 1.807) is 11.1 Å². The maximum Gasteiger partial charge on any atom is 0.330 e. The molecule has 138 valence electrons. The van der Waals surface area contributed by atoms with Gasteiger partial charge in [0.2, 0.25) is 0 Å². The third-order valence-electron chi connectivity index (χ3n) is 4.41. The van der Waals surface area contributed by atoms with Crippen LogP contribution in [-0.4, -0.2) is 12.6 Å². The van der Waals surface area contributed by atoms with E-state index in [0.717, 1.165) is 12.0 Å². The van der Waals surface area contributed by atoms with Gasteiger partial charge in [0.05, 0.1) is 6.61 Å². The third kappa shape index (κ3) is 7.29. The first-order chi connectivity index (χ1) is 11.9. The van der Waals surface area contributed by atoms with Gasteiger partial charge in [0, 0.05) is 6.08 Å². The lowest BCUT2D eigenvalue weighted by molar-refractivity contribution is -0.137. The van der Waals surface area contributed by atoms with Crippen molar-refractivity contribution in [2.24, 2.45) is 5.92 Å². The van der Waals surface area contributed by atoms with Crippen LogP contribution < -0.4 is 0 Å². The fourth-order valence-electron chi connectivity index (χ4n) is 3.38. The van der Waals surface area contributed by atoms with E-state index in [1.807, 2.05) is 26.0 Å². The number of hydrogen-bond donors (Lipinski definition) is 0. The molecule has 2 nitrogen and oxygen atoms in total. The van der Waals surface area contributed by atoms with Crippen LogP contribution in [0, 0.1) is 5.92 Å². The summed E-state index contributed by atoms with van der Waals surface area (Å²) in [6.07, 6.45) is 14.7. The molecule has 1 aliphatic rings. The second kappa shape index (κ2) is 10.9. The van der Waals surface area contributed by atoms with E-state index >= 15 is 0 Å². The molecular weight excluding hydrogens is 308 g/mol. The normalized spacial score (nSPS) is 18.6. The van der Waals surface area contributed by atoms with Crippen molar-refractivity contribution < 1.29 is 9.53 Å². The summed E-state index contributed by atoms with van der Waals surface area (Å²) in [5, 5.41) is 0. The molecule has 0 bridgehead atoms. The van der Waals surface area contributed by atoms with Crippen LogP contribution in [0.25, 0.3) is 0 Å². The van der Waals surface area contributed by atoms with Crippen molar-refractivity contribution in [3.05, 3.63) is 58.2 Å². The molecule has 2 heteroatoms. The summed E-state index contributed by atoms with van der Waals surface area (Å²) in [5.41, 5.74) is 6.83. The van der Waals surface area contributed by atoms with Crippen LogP contribution in [-0.2, 0) is 9.53 Å². The number of rotatable bonds is 7. The molecule has 0 saturated carbocycles. The molecule has 0 aromatic carbocycles. The summed E-state index contributed by atoms with van der Waals surface area (Å²) in [6.45, 7) is 13.1. The minimum atomic E-state index is -0.284. The monoisotopic (exact) mass is 342 g/mol. The topological polar surface area (TPSA) is 26.3 Å². The van der Waals surface area contributed by atoms with Crippen LogP contribution in [0.2, 0.25) is 0 Å². The standard InChI is InChI=1S/C23H34O2/c1-7-20-13-10-14-21(23(20)17(3)4)15-18(5)11-9-12-19(6)16-22(24)25-8-2/h9,11-12,15-17H,7-8,10,13-14H2,1-6H3/b12-9+,18-11+,19-16-,21-15+. The second-order valence-corrected chi connectivity index (χ2v) is 6.96. The van der Waals surface area contributed by atoms with Crippen molar-refractivity contribution in [3.8, 4) is 0 Å². The van der Waals surface area contributed by atoms with Gasteiger partial charge in [-0.25, -0.2) is 4.79 Å². The second-order valence-electron chi connectivity index (χ2n) is 6.96. The van der Waals surface area contributed by atoms with Crippen LogP contribution in [0.5, 0.6) is 0 Å². The predicted molar refractivity (Wildman–Crippen MR) is 107 cm³/mol. The molecule has 0 N–H and O–H groups in total. The Balaban J connectivity index is 2.90. The first-order valence-corrected chi connectivity index (χ1v) is 9.51. The van der Waals surface area contributed by atoms with Crippen molar-refractivity contribution in [3.63, 3.8) is 0 Å². The number of allylic oxidation sites excluding steroid dienone is 9. The number of hydrogen-bond acceptors (Lipinski definition) is 2. The molecule has 1 aliphatic carbocycles. The van der Waals surface area contributed by atoms with Crippen LogP contribution >= 0.6 is 0 Å². The number of carbonyl (C=O) groups excluding carboxylic acids is 1. The Kier molecular flexibility index (Phi) is 9.26. The minimum absolute atomic E-state index is 0.284. The van der Waals surface area contributed by atoms with E-state index in [1.165, 1.54) is 36.5 Å². The average Bonchev–Trinajstić information content (AvgIpc) is 2.54. The largest absolute Gasteiger partial charge is 0.463 e. The van der Waals surface area contributed by atoms with E-state index in [-0.39, 0.29) is 5.97 Å². The van der Waals surface area contributed by atoms with Crippen molar-refractivity contribution in [1.82, 2.24) is 0 Å². The molecule has 0 aliphatic heterocycles. The molecule has 0 spiro atoms. The van der Waals surface area contributed by atoms with E-state index in [2.05, 4.69) is 39.8 Å². The van der Waals surface area contributed by atoms with Crippen LogP contribution in [0.15, 0.2) is 58.2 Å². The van der Waals surface area contributed by atoms with Crippen molar-refractivity contribution >= 4 is 5.97 Å². The Morgan fingerprint density at radius 3 is 2.48 bits per heavy atom. The number of carbonyl (C=O) groups is 1. The third-order valence-corrected chi connectivity index (χ3v) is 4.41. The first-order valence-electron chi connectivity index (χ1n) is 9.51. The van der Waals surface area contributed by atoms with Gasteiger partial charge in [-0.1, -0.05) is 56.2 Å². The summed E-state index contributed by atoms with van der Waals surface area (Å²) in [6, 6.07) is 0. The zero-order valence-electron chi connectivity index (χ0n) is 16.8. The van der Waals surface area contributed by atoms with Crippen LogP contribution in [0.3, 0.4) is 0 Å². The van der Waals surface area contributed by atoms with Gasteiger partial charge in [-0.15, -0.1) is 0 Å². The van der Waals surface area contributed by atoms with Gasteiger partial charge >= 0.3 is 5.97 Å². The number of ether oxygens (including phenoxy) is 1. The molecule has 1 rings (SSSR count). The molecule has 0 aromatic rings. The highest BCUT2D eigenvalue weighted by Crippen LogP contribution is 2.36. The predicted octanol–water partition coefficient (Wildman–Crippen LogP) is 6.47. The maximum absolute atomic E-state index is 11.4. The molecule has 0 atom stereocenters. The summed E-state index contributed by atoms with van der Waals surface area (Å²) in [7, 11) is 0. The van der Waals surface area contributed by atoms with Gasteiger partial charge in [0.1, 0.15) is 0 Å². The lowest BCUT2D eigenvalue weighted by atomic mass is 9.80. The van der Waals surface area contributed by atoms with Crippen LogP contribution in [0.4, 0.5) is 0 Å². The van der Waals surface area contributed by atoms with E-state index in [9.17, 15) is 4.79 Å². The summed E-state index contributed by atoms with van der Waals surface area (Å²) < 4.78 is 4.92. The van der Waals surface area contributed by atoms with Crippen LogP contribution in [0.1, 0.15) is 67.2 Å². The zero-order valence-corrected chi connectivity index (χ0v) is 16.8. The molecule has 0 amide bonds. The molecule has 25 heavy (non-hydrogen) atoms. The first kappa shape index (κ1) is 21.2. The van der Waals surface area contributed by atoms with Gasteiger partial charge in [-0.05, 0) is 69.1 Å². The van der Waals surface area contributed by atoms with E-state index < -0.39 is 0 Å². The summed E-state index contributed by atoms with van der Waals surface area (Å²) >= 11 is 0. The highest BCUT2D eigenvalue weighted by molar-refractivity contribution is 5.83. The van der Waals surface area contributed by atoms with Gasteiger partial charge < -0.3 is 4.74 Å². The molecule has 0 heterocycles. The Morgan fingerprint density at radius 1 is 1.16 bits per heavy atom. The van der Waals surface area contributed by atoms with Gasteiger partial charge in [0.25, 0.3) is 0 Å². The van der Waals surface area contributed by atoms with Crippen molar-refractivity contribution in [2.75, 3.05) is 6.61 Å². The molecule has 0 radical (unpaired) electrons. The highest BCUT2D eigenvalue weighted by Gasteiger charge is 2.18. The highest BCUT2D eigenvalue weighted by atomic mass is 16.5.